The Morgan fingerprint density at radius 2 is 2.36 bits per heavy atom. The summed E-state index contributed by atoms with van der Waals surface area (Å²) < 4.78 is 0. The Morgan fingerprint density at radius 3 is 3.16 bits per heavy atom. The number of rotatable bonds is 5. The molecule has 0 spiro atoms. The molecule has 6 nitrogen and oxygen atoms in total. The lowest BCUT2D eigenvalue weighted by Gasteiger charge is -2.36. The summed E-state index contributed by atoms with van der Waals surface area (Å²) in [6.07, 6.45) is 7.22. The van der Waals surface area contributed by atoms with Gasteiger partial charge in [0.15, 0.2) is 5.13 Å². The second-order valence-electron chi connectivity index (χ2n) is 7.00. The van der Waals surface area contributed by atoms with Gasteiger partial charge in [0.05, 0.1) is 0 Å². The molecule has 0 radical (unpaired) electrons. The second-order valence-corrected chi connectivity index (χ2v) is 8.11. The number of hydrogen-bond donors (Lipinski definition) is 2. The lowest BCUT2D eigenvalue weighted by atomic mass is 9.83. The Bertz CT molecular complexity index is 668. The van der Waals surface area contributed by atoms with Crippen LogP contribution in [0.3, 0.4) is 0 Å². The summed E-state index contributed by atoms with van der Waals surface area (Å²) in [5.41, 5.74) is 1.23. The van der Waals surface area contributed by atoms with Gasteiger partial charge >= 0.3 is 0 Å². The number of carbonyl (C=O) groups is 1. The minimum atomic E-state index is -0.0726. The fourth-order valence-corrected chi connectivity index (χ4v) is 4.38. The third-order valence-electron chi connectivity index (χ3n) is 5.02. The van der Waals surface area contributed by atoms with E-state index in [1.165, 1.54) is 17.5 Å². The van der Waals surface area contributed by atoms with E-state index in [1.54, 1.807) is 11.3 Å². The van der Waals surface area contributed by atoms with Gasteiger partial charge in [0, 0.05) is 68.0 Å². The van der Waals surface area contributed by atoms with Gasteiger partial charge < -0.3 is 10.6 Å². The molecule has 3 atom stereocenters. The first kappa shape index (κ1) is 18.2. The lowest BCUT2D eigenvalue weighted by Crippen LogP contribution is -2.51. The van der Waals surface area contributed by atoms with Crippen molar-refractivity contribution in [3.05, 3.63) is 23.3 Å². The standard InChI is InChI=1S/C18H27N5OS/c1-12-13(2)19-5-4-15(12)8-16-10-23(7-6-20-16)11-17-9-21-18(25-17)22-14(3)24/h4-5,9,12,15-16,20H,6-8,10-11H2,1-3H3,(H,21,22,24)/t12?,15?,16-/m0/s1. The summed E-state index contributed by atoms with van der Waals surface area (Å²) in [5.74, 6) is 1.00. The molecule has 0 aromatic carbocycles. The summed E-state index contributed by atoms with van der Waals surface area (Å²) >= 11 is 1.56. The van der Waals surface area contributed by atoms with Crippen molar-refractivity contribution in [3.63, 3.8) is 0 Å². The van der Waals surface area contributed by atoms with Crippen LogP contribution in [-0.4, -0.2) is 47.2 Å². The third kappa shape index (κ3) is 4.96. The van der Waals surface area contributed by atoms with Crippen LogP contribution in [0.2, 0.25) is 0 Å². The van der Waals surface area contributed by atoms with Crippen molar-refractivity contribution in [2.45, 2.75) is 39.8 Å². The van der Waals surface area contributed by atoms with Gasteiger partial charge in [-0.05, 0) is 19.3 Å². The van der Waals surface area contributed by atoms with E-state index in [0.717, 1.165) is 32.6 Å². The first-order valence-corrected chi connectivity index (χ1v) is 9.72. The summed E-state index contributed by atoms with van der Waals surface area (Å²) in [5, 5.41) is 7.10. The van der Waals surface area contributed by atoms with Crippen LogP contribution in [0.1, 0.15) is 32.1 Å². The highest BCUT2D eigenvalue weighted by atomic mass is 32.1. The highest BCUT2D eigenvalue weighted by Gasteiger charge is 2.26. The molecular formula is C18H27N5OS. The largest absolute Gasteiger partial charge is 0.311 e. The Balaban J connectivity index is 1.53. The molecule has 2 unspecified atom stereocenters. The lowest BCUT2D eigenvalue weighted by molar-refractivity contribution is -0.114. The van der Waals surface area contributed by atoms with Crippen molar-refractivity contribution in [2.75, 3.05) is 25.0 Å². The minimum absolute atomic E-state index is 0.0726. The fourth-order valence-electron chi connectivity index (χ4n) is 3.48. The number of allylic oxidation sites excluding steroid dienone is 1. The Hall–Kier alpha value is -1.57. The van der Waals surface area contributed by atoms with E-state index in [1.807, 2.05) is 12.4 Å². The maximum Gasteiger partial charge on any atom is 0.223 e. The van der Waals surface area contributed by atoms with E-state index in [0.29, 0.717) is 23.0 Å². The molecule has 2 aliphatic rings. The van der Waals surface area contributed by atoms with Crippen molar-refractivity contribution < 1.29 is 4.79 Å². The molecule has 0 saturated carbocycles. The molecule has 3 rings (SSSR count). The van der Waals surface area contributed by atoms with Crippen LogP contribution in [0.4, 0.5) is 5.13 Å². The van der Waals surface area contributed by atoms with Crippen LogP contribution in [0.15, 0.2) is 23.5 Å². The number of hydrogen-bond acceptors (Lipinski definition) is 6. The van der Waals surface area contributed by atoms with Crippen LogP contribution in [-0.2, 0) is 11.3 Å². The first-order valence-electron chi connectivity index (χ1n) is 8.90. The summed E-state index contributed by atoms with van der Waals surface area (Å²) in [7, 11) is 0. The van der Waals surface area contributed by atoms with E-state index in [9.17, 15) is 4.79 Å². The molecule has 0 aliphatic carbocycles. The molecule has 7 heteroatoms. The van der Waals surface area contributed by atoms with E-state index in [-0.39, 0.29) is 5.91 Å². The Labute approximate surface area is 153 Å². The van der Waals surface area contributed by atoms with Crippen LogP contribution in [0.25, 0.3) is 0 Å². The van der Waals surface area contributed by atoms with Gasteiger partial charge in [0.2, 0.25) is 5.91 Å². The van der Waals surface area contributed by atoms with Crippen molar-refractivity contribution in [1.29, 1.82) is 0 Å². The number of nitrogens with zero attached hydrogens (tertiary/aromatic N) is 3. The smallest absolute Gasteiger partial charge is 0.223 e. The highest BCUT2D eigenvalue weighted by Crippen LogP contribution is 2.26. The van der Waals surface area contributed by atoms with E-state index < -0.39 is 0 Å². The number of amides is 1. The van der Waals surface area contributed by atoms with Gasteiger partial charge in [-0.25, -0.2) is 4.98 Å². The molecule has 1 saturated heterocycles. The van der Waals surface area contributed by atoms with Gasteiger partial charge in [-0.1, -0.05) is 13.0 Å². The molecule has 3 heterocycles. The fraction of sp³-hybridized carbons (Fsp3) is 0.611. The molecule has 1 fully saturated rings. The molecule has 1 aromatic heterocycles. The van der Waals surface area contributed by atoms with Crippen molar-refractivity contribution in [3.8, 4) is 0 Å². The SMILES string of the molecule is CC(=O)Nc1ncc(CN2CCN[C@@H](CC3C=CN=C(C)C3C)C2)s1. The molecule has 1 amide bonds. The van der Waals surface area contributed by atoms with Crippen molar-refractivity contribution in [2.24, 2.45) is 16.8 Å². The van der Waals surface area contributed by atoms with Crippen LogP contribution in [0, 0.1) is 11.8 Å². The summed E-state index contributed by atoms with van der Waals surface area (Å²) in [6, 6.07) is 0.500. The minimum Gasteiger partial charge on any atom is -0.311 e. The number of aliphatic imine (C=N–C) groups is 1. The van der Waals surface area contributed by atoms with Gasteiger partial charge in [-0.3, -0.25) is 14.7 Å². The summed E-state index contributed by atoms with van der Waals surface area (Å²) in [6.45, 7) is 9.90. The number of anilines is 1. The zero-order valence-corrected chi connectivity index (χ0v) is 16.0. The topological polar surface area (TPSA) is 69.6 Å². The van der Waals surface area contributed by atoms with Crippen LogP contribution >= 0.6 is 11.3 Å². The summed E-state index contributed by atoms with van der Waals surface area (Å²) in [4.78, 5) is 23.5. The molecule has 0 bridgehead atoms. The van der Waals surface area contributed by atoms with Gasteiger partial charge in [-0.15, -0.1) is 11.3 Å². The predicted molar refractivity (Wildman–Crippen MR) is 103 cm³/mol. The van der Waals surface area contributed by atoms with Gasteiger partial charge in [0.25, 0.3) is 0 Å². The number of nitrogens with one attached hydrogen (secondary N) is 2. The Kier molecular flexibility index (Phi) is 5.98. The molecule has 136 valence electrons. The highest BCUT2D eigenvalue weighted by molar-refractivity contribution is 7.15. The molecule has 1 aromatic rings. The number of carbonyl (C=O) groups excluding carboxylic acids is 1. The number of thiazole rings is 1. The maximum absolute atomic E-state index is 11.1. The molecule has 25 heavy (non-hydrogen) atoms. The van der Waals surface area contributed by atoms with Crippen molar-refractivity contribution >= 4 is 28.1 Å². The maximum atomic E-state index is 11.1. The monoisotopic (exact) mass is 361 g/mol. The van der Waals surface area contributed by atoms with E-state index in [2.05, 4.69) is 45.4 Å². The van der Waals surface area contributed by atoms with Gasteiger partial charge in [-0.2, -0.15) is 0 Å². The number of aromatic nitrogens is 1. The van der Waals surface area contributed by atoms with Crippen molar-refractivity contribution in [1.82, 2.24) is 15.2 Å². The molecule has 2 aliphatic heterocycles. The first-order chi connectivity index (χ1) is 12.0. The van der Waals surface area contributed by atoms with E-state index in [4.69, 9.17) is 0 Å². The van der Waals surface area contributed by atoms with Crippen LogP contribution in [0.5, 0.6) is 0 Å². The normalized spacial score (nSPS) is 27.2. The molecule has 2 N–H and O–H groups in total. The average Bonchev–Trinajstić information content (AvgIpc) is 2.98. The van der Waals surface area contributed by atoms with Gasteiger partial charge in [0.1, 0.15) is 0 Å². The van der Waals surface area contributed by atoms with E-state index >= 15 is 0 Å². The van der Waals surface area contributed by atoms with Crippen LogP contribution < -0.4 is 10.6 Å². The second kappa shape index (κ2) is 8.21. The quantitative estimate of drug-likeness (QED) is 0.845. The third-order valence-corrected chi connectivity index (χ3v) is 5.92. The predicted octanol–water partition coefficient (Wildman–Crippen LogP) is 2.51. The zero-order chi connectivity index (χ0) is 17.8. The number of piperazine rings is 1. The molecular weight excluding hydrogens is 334 g/mol. The Morgan fingerprint density at radius 1 is 1.52 bits per heavy atom. The average molecular weight is 362 g/mol. The zero-order valence-electron chi connectivity index (χ0n) is 15.2.